The summed E-state index contributed by atoms with van der Waals surface area (Å²) in [7, 11) is 0. The van der Waals surface area contributed by atoms with Crippen LogP contribution in [-0.4, -0.2) is 51.0 Å². The van der Waals surface area contributed by atoms with E-state index >= 15 is 0 Å². The number of aromatic nitrogens is 3. The Kier molecular flexibility index (Phi) is 7.24. The third-order valence-electron chi connectivity index (χ3n) is 6.02. The van der Waals surface area contributed by atoms with E-state index in [1.807, 2.05) is 6.08 Å². The second-order valence-corrected chi connectivity index (χ2v) is 9.88. The highest BCUT2D eigenvalue weighted by atomic mass is 19.3. The Hall–Kier alpha value is -3.89. The fourth-order valence-electron chi connectivity index (χ4n) is 4.16. The van der Waals surface area contributed by atoms with Gasteiger partial charge in [-0.2, -0.15) is 0 Å². The number of carbonyl (C=O) groups excluding carboxylic acids is 2. The van der Waals surface area contributed by atoms with Gasteiger partial charge in [-0.05, 0) is 57.4 Å². The van der Waals surface area contributed by atoms with Crippen LogP contribution in [0.25, 0.3) is 16.6 Å². The number of nitrogens with one attached hydrogen (secondary N) is 2. The summed E-state index contributed by atoms with van der Waals surface area (Å²) in [5, 5.41) is 13.2. The summed E-state index contributed by atoms with van der Waals surface area (Å²) in [6.07, 6.45) is -0.937. The van der Waals surface area contributed by atoms with Crippen molar-refractivity contribution in [2.24, 2.45) is 0 Å². The number of halogens is 3. The normalized spacial score (nSPS) is 15.0. The number of hydrogen-bond acceptors (Lipinski definition) is 5. The molecule has 2 N–H and O–H groups in total. The quantitative estimate of drug-likeness (QED) is 0.464. The molecule has 1 atom stereocenters. The number of fused-ring (bicyclic) bond motifs is 1. The van der Waals surface area contributed by atoms with Crippen LogP contribution in [0.3, 0.4) is 0 Å². The molecule has 0 unspecified atom stereocenters. The zero-order valence-corrected chi connectivity index (χ0v) is 20.9. The van der Waals surface area contributed by atoms with E-state index in [2.05, 4.69) is 20.7 Å². The molecule has 2 amide bonds. The third-order valence-corrected chi connectivity index (χ3v) is 6.02. The molecule has 37 heavy (non-hydrogen) atoms. The molecular weight excluding hydrogens is 487 g/mol. The Morgan fingerprint density at radius 2 is 1.92 bits per heavy atom. The van der Waals surface area contributed by atoms with Crippen LogP contribution in [0.1, 0.15) is 73.6 Å². The summed E-state index contributed by atoms with van der Waals surface area (Å²) in [4.78, 5) is 27.2. The first-order valence-electron chi connectivity index (χ1n) is 11.8. The van der Waals surface area contributed by atoms with Crippen LogP contribution in [0, 0.1) is 5.82 Å². The predicted octanol–water partition coefficient (Wildman–Crippen LogP) is 5.55. The summed E-state index contributed by atoms with van der Waals surface area (Å²) >= 11 is 0. The first-order valence-corrected chi connectivity index (χ1v) is 11.8. The van der Waals surface area contributed by atoms with E-state index in [1.165, 1.54) is 19.1 Å². The van der Waals surface area contributed by atoms with Crippen LogP contribution in [-0.2, 0) is 4.74 Å². The van der Waals surface area contributed by atoms with E-state index in [1.54, 1.807) is 37.8 Å². The van der Waals surface area contributed by atoms with Crippen molar-refractivity contribution < 1.29 is 27.5 Å². The summed E-state index contributed by atoms with van der Waals surface area (Å²) in [6.45, 7) is 7.73. The molecule has 2 heterocycles. The lowest BCUT2D eigenvalue weighted by Gasteiger charge is -2.29. The van der Waals surface area contributed by atoms with Gasteiger partial charge in [0.15, 0.2) is 0 Å². The fourth-order valence-corrected chi connectivity index (χ4v) is 4.16. The molecule has 1 aliphatic rings. The van der Waals surface area contributed by atoms with Crippen molar-refractivity contribution in [1.29, 1.82) is 0 Å². The van der Waals surface area contributed by atoms with Crippen molar-refractivity contribution in [3.63, 3.8) is 0 Å². The lowest BCUT2D eigenvalue weighted by atomic mass is 9.96. The molecule has 8 nitrogen and oxygen atoms in total. The minimum Gasteiger partial charge on any atom is -0.444 e. The minimum absolute atomic E-state index is 0.0430. The Balaban J connectivity index is 1.57. The van der Waals surface area contributed by atoms with Crippen LogP contribution >= 0.6 is 0 Å². The Morgan fingerprint density at radius 1 is 1.19 bits per heavy atom. The molecular formula is C26H28F3N5O3. The molecule has 196 valence electrons. The number of hydrogen-bond donors (Lipinski definition) is 2. The average molecular weight is 516 g/mol. The molecule has 11 heteroatoms. The number of rotatable bonds is 5. The first-order chi connectivity index (χ1) is 17.4. The lowest BCUT2D eigenvalue weighted by molar-refractivity contribution is 0.0270. The van der Waals surface area contributed by atoms with E-state index in [9.17, 15) is 22.8 Å². The highest BCUT2D eigenvalue weighted by Crippen LogP contribution is 2.30. The summed E-state index contributed by atoms with van der Waals surface area (Å²) in [5.41, 5.74) is 1.37. The fraction of sp³-hybridized carbons (Fsp3) is 0.385. The van der Waals surface area contributed by atoms with E-state index in [-0.39, 0.29) is 11.1 Å². The molecule has 0 radical (unpaired) electrons. The zero-order chi connectivity index (χ0) is 26.9. The molecule has 0 spiro atoms. The van der Waals surface area contributed by atoms with Crippen molar-refractivity contribution in [1.82, 2.24) is 25.6 Å². The first kappa shape index (κ1) is 26.2. The second kappa shape index (κ2) is 10.2. The molecule has 2 aromatic carbocycles. The van der Waals surface area contributed by atoms with Crippen molar-refractivity contribution >= 4 is 28.6 Å². The molecule has 4 rings (SSSR count). The smallest absolute Gasteiger partial charge is 0.410 e. The SMILES string of the molecule is C[C@@H](NC(=O)c1cc(C2=CCN(C(=O)OC(C)(C)C)CC2)cc2nn[nH]c12)c1cccc(C(F)F)c1F. The summed E-state index contributed by atoms with van der Waals surface area (Å²) in [6, 6.07) is 6.29. The third kappa shape index (κ3) is 5.76. The van der Waals surface area contributed by atoms with Crippen molar-refractivity contribution in [3.05, 3.63) is 64.5 Å². The Morgan fingerprint density at radius 3 is 2.57 bits per heavy atom. The number of benzene rings is 2. The number of aromatic amines is 1. The molecule has 0 fully saturated rings. The average Bonchev–Trinajstić information content (AvgIpc) is 3.31. The molecule has 1 aromatic heterocycles. The van der Waals surface area contributed by atoms with Crippen LogP contribution in [0.5, 0.6) is 0 Å². The van der Waals surface area contributed by atoms with Crippen molar-refractivity contribution in [3.8, 4) is 0 Å². The number of nitrogens with zero attached hydrogens (tertiary/aromatic N) is 3. The zero-order valence-electron chi connectivity index (χ0n) is 20.9. The molecule has 0 bridgehead atoms. The van der Waals surface area contributed by atoms with Crippen LogP contribution in [0.2, 0.25) is 0 Å². The monoisotopic (exact) mass is 515 g/mol. The lowest BCUT2D eigenvalue weighted by Crippen LogP contribution is -2.39. The van der Waals surface area contributed by atoms with Gasteiger partial charge in [-0.25, -0.2) is 18.0 Å². The standard InChI is InChI=1S/C26H28F3N5O3/c1-14(17-6-5-7-18(21(17)27)23(28)29)30-24(35)19-12-16(13-20-22(19)32-33-31-20)15-8-10-34(11-9-15)25(36)37-26(2,3)4/h5-8,12-14,23H,9-11H2,1-4H3,(H,30,35)(H,31,32,33)/t14-/m1/s1. The van der Waals surface area contributed by atoms with Crippen molar-refractivity contribution in [2.45, 2.75) is 52.2 Å². The number of ether oxygens (including phenoxy) is 1. The van der Waals surface area contributed by atoms with Gasteiger partial charge in [0.05, 0.1) is 22.7 Å². The second-order valence-electron chi connectivity index (χ2n) is 9.88. The largest absolute Gasteiger partial charge is 0.444 e. The maximum absolute atomic E-state index is 14.6. The number of carbonyl (C=O) groups is 2. The van der Waals surface area contributed by atoms with Gasteiger partial charge in [-0.15, -0.1) is 5.10 Å². The molecule has 0 saturated heterocycles. The molecule has 0 saturated carbocycles. The molecule has 1 aliphatic heterocycles. The summed E-state index contributed by atoms with van der Waals surface area (Å²) in [5.74, 6) is -1.59. The topological polar surface area (TPSA) is 100 Å². The summed E-state index contributed by atoms with van der Waals surface area (Å²) < 4.78 is 46.3. The van der Waals surface area contributed by atoms with E-state index in [0.29, 0.717) is 30.5 Å². The highest BCUT2D eigenvalue weighted by molar-refractivity contribution is 6.06. The van der Waals surface area contributed by atoms with Gasteiger partial charge in [-0.1, -0.05) is 29.5 Å². The number of H-pyrrole nitrogens is 1. The van der Waals surface area contributed by atoms with E-state index in [0.717, 1.165) is 17.2 Å². The van der Waals surface area contributed by atoms with Gasteiger partial charge in [-0.3, -0.25) is 9.89 Å². The van der Waals surface area contributed by atoms with Gasteiger partial charge in [0.2, 0.25) is 0 Å². The van der Waals surface area contributed by atoms with Crippen LogP contribution in [0.15, 0.2) is 36.4 Å². The van der Waals surface area contributed by atoms with Gasteiger partial charge < -0.3 is 15.0 Å². The Labute approximate surface area is 211 Å². The van der Waals surface area contributed by atoms with Crippen molar-refractivity contribution in [2.75, 3.05) is 13.1 Å². The van der Waals surface area contributed by atoms with E-state index < -0.39 is 41.4 Å². The number of alkyl halides is 2. The van der Waals surface area contributed by atoms with Gasteiger partial charge in [0.1, 0.15) is 16.9 Å². The Bertz CT molecular complexity index is 1360. The maximum Gasteiger partial charge on any atom is 0.410 e. The minimum atomic E-state index is -2.97. The molecule has 0 aliphatic carbocycles. The highest BCUT2D eigenvalue weighted by Gasteiger charge is 2.26. The van der Waals surface area contributed by atoms with Gasteiger partial charge in [0, 0.05) is 18.7 Å². The van der Waals surface area contributed by atoms with Gasteiger partial charge in [0.25, 0.3) is 12.3 Å². The molecule has 3 aromatic rings. The van der Waals surface area contributed by atoms with Crippen LogP contribution in [0.4, 0.5) is 18.0 Å². The van der Waals surface area contributed by atoms with Crippen LogP contribution < -0.4 is 5.32 Å². The number of amides is 2. The van der Waals surface area contributed by atoms with E-state index in [4.69, 9.17) is 4.74 Å². The maximum atomic E-state index is 14.6. The predicted molar refractivity (Wildman–Crippen MR) is 132 cm³/mol. The van der Waals surface area contributed by atoms with Gasteiger partial charge >= 0.3 is 6.09 Å².